The van der Waals surface area contributed by atoms with Crippen molar-refractivity contribution in [3.05, 3.63) is 29.3 Å². The van der Waals surface area contributed by atoms with Gasteiger partial charge in [-0.15, -0.1) is 0 Å². The molecule has 1 unspecified atom stereocenters. The number of aryl methyl sites for hydroxylation is 2. The maximum absolute atomic E-state index is 12.0. The third-order valence-corrected chi connectivity index (χ3v) is 4.60. The molecular weight excluding hydrogens is 322 g/mol. The van der Waals surface area contributed by atoms with Crippen LogP contribution in [0.5, 0.6) is 5.75 Å². The maximum Gasteiger partial charge on any atom is 0.308 e. The molecule has 1 amide bonds. The van der Waals surface area contributed by atoms with Crippen LogP contribution in [0.2, 0.25) is 0 Å². The smallest absolute Gasteiger partial charge is 0.308 e. The SMILES string of the molecule is Cc1ccc(C)c(OCCC(=O)NCC(C(=O)O)C2CCOCC2)c1. The predicted octanol–water partition coefficient (Wildman–Crippen LogP) is 2.32. The molecule has 0 aromatic heterocycles. The van der Waals surface area contributed by atoms with Gasteiger partial charge in [0.25, 0.3) is 0 Å². The van der Waals surface area contributed by atoms with Crippen LogP contribution in [-0.2, 0) is 14.3 Å². The number of amides is 1. The molecule has 0 spiro atoms. The third kappa shape index (κ3) is 6.05. The van der Waals surface area contributed by atoms with Gasteiger partial charge in [-0.05, 0) is 49.8 Å². The quantitative estimate of drug-likeness (QED) is 0.752. The molecule has 0 radical (unpaired) electrons. The lowest BCUT2D eigenvalue weighted by atomic mass is 9.86. The maximum atomic E-state index is 12.0. The van der Waals surface area contributed by atoms with Gasteiger partial charge in [-0.2, -0.15) is 0 Å². The second kappa shape index (κ2) is 9.42. The fourth-order valence-corrected chi connectivity index (χ4v) is 3.00. The highest BCUT2D eigenvalue weighted by atomic mass is 16.5. The van der Waals surface area contributed by atoms with Gasteiger partial charge in [0.15, 0.2) is 0 Å². The number of carboxylic acids is 1. The van der Waals surface area contributed by atoms with E-state index in [0.29, 0.717) is 13.2 Å². The zero-order chi connectivity index (χ0) is 18.2. The first-order chi connectivity index (χ1) is 12.0. The Labute approximate surface area is 148 Å². The van der Waals surface area contributed by atoms with Crippen LogP contribution in [0.25, 0.3) is 0 Å². The van der Waals surface area contributed by atoms with E-state index >= 15 is 0 Å². The summed E-state index contributed by atoms with van der Waals surface area (Å²) in [5.41, 5.74) is 2.13. The van der Waals surface area contributed by atoms with Crippen molar-refractivity contribution in [1.82, 2.24) is 5.32 Å². The van der Waals surface area contributed by atoms with Crippen molar-refractivity contribution >= 4 is 11.9 Å². The van der Waals surface area contributed by atoms with Gasteiger partial charge in [0.05, 0.1) is 18.9 Å². The molecule has 1 fully saturated rings. The lowest BCUT2D eigenvalue weighted by Crippen LogP contribution is -2.39. The third-order valence-electron chi connectivity index (χ3n) is 4.60. The van der Waals surface area contributed by atoms with E-state index in [1.54, 1.807) is 0 Å². The zero-order valence-corrected chi connectivity index (χ0v) is 14.9. The minimum atomic E-state index is -0.862. The summed E-state index contributed by atoms with van der Waals surface area (Å²) in [4.78, 5) is 23.4. The van der Waals surface area contributed by atoms with Gasteiger partial charge in [-0.25, -0.2) is 0 Å². The zero-order valence-electron chi connectivity index (χ0n) is 14.9. The number of carbonyl (C=O) groups is 2. The summed E-state index contributed by atoms with van der Waals surface area (Å²) >= 11 is 0. The summed E-state index contributed by atoms with van der Waals surface area (Å²) in [6.45, 7) is 5.55. The van der Waals surface area contributed by atoms with E-state index < -0.39 is 11.9 Å². The minimum Gasteiger partial charge on any atom is -0.493 e. The number of aliphatic carboxylic acids is 1. The van der Waals surface area contributed by atoms with E-state index in [4.69, 9.17) is 9.47 Å². The number of ether oxygens (including phenoxy) is 2. The fourth-order valence-electron chi connectivity index (χ4n) is 3.00. The summed E-state index contributed by atoms with van der Waals surface area (Å²) in [7, 11) is 0. The van der Waals surface area contributed by atoms with Crippen LogP contribution in [-0.4, -0.2) is 43.3 Å². The van der Waals surface area contributed by atoms with Crippen LogP contribution < -0.4 is 10.1 Å². The normalized spacial score (nSPS) is 16.2. The average Bonchev–Trinajstić information content (AvgIpc) is 2.59. The predicted molar refractivity (Wildman–Crippen MR) is 93.7 cm³/mol. The van der Waals surface area contributed by atoms with Gasteiger partial charge in [0.1, 0.15) is 5.75 Å². The highest BCUT2D eigenvalue weighted by molar-refractivity contribution is 5.77. The molecule has 1 aliphatic heterocycles. The average molecular weight is 349 g/mol. The monoisotopic (exact) mass is 349 g/mol. The van der Waals surface area contributed by atoms with Gasteiger partial charge < -0.3 is 19.9 Å². The molecule has 2 rings (SSSR count). The van der Waals surface area contributed by atoms with Gasteiger partial charge in [0.2, 0.25) is 5.91 Å². The number of carboxylic acid groups (broad SMARTS) is 1. The topological polar surface area (TPSA) is 84.9 Å². The van der Waals surface area contributed by atoms with Gasteiger partial charge in [-0.3, -0.25) is 9.59 Å². The molecule has 1 aromatic rings. The molecule has 6 nitrogen and oxygen atoms in total. The number of nitrogens with one attached hydrogen (secondary N) is 1. The van der Waals surface area contributed by atoms with E-state index in [1.807, 2.05) is 32.0 Å². The van der Waals surface area contributed by atoms with E-state index in [0.717, 1.165) is 29.7 Å². The van der Waals surface area contributed by atoms with Crippen LogP contribution in [0.15, 0.2) is 18.2 Å². The van der Waals surface area contributed by atoms with Crippen molar-refractivity contribution in [2.75, 3.05) is 26.4 Å². The number of carbonyl (C=O) groups excluding carboxylic acids is 1. The first kappa shape index (κ1) is 19.2. The highest BCUT2D eigenvalue weighted by Gasteiger charge is 2.29. The largest absolute Gasteiger partial charge is 0.493 e. The lowest BCUT2D eigenvalue weighted by molar-refractivity contribution is -0.145. The van der Waals surface area contributed by atoms with Crippen LogP contribution >= 0.6 is 0 Å². The van der Waals surface area contributed by atoms with Crippen molar-refractivity contribution in [3.63, 3.8) is 0 Å². The van der Waals surface area contributed by atoms with Gasteiger partial charge >= 0.3 is 5.97 Å². The molecule has 1 saturated heterocycles. The van der Waals surface area contributed by atoms with Gasteiger partial charge in [0, 0.05) is 19.8 Å². The molecule has 6 heteroatoms. The van der Waals surface area contributed by atoms with Crippen molar-refractivity contribution < 1.29 is 24.2 Å². The summed E-state index contributed by atoms with van der Waals surface area (Å²) < 4.78 is 10.9. The molecule has 0 aliphatic carbocycles. The molecule has 1 aliphatic rings. The Kier molecular flexibility index (Phi) is 7.25. The molecule has 2 N–H and O–H groups in total. The molecule has 0 bridgehead atoms. The molecule has 0 saturated carbocycles. The number of benzene rings is 1. The Hall–Kier alpha value is -2.08. The van der Waals surface area contributed by atoms with Crippen molar-refractivity contribution in [3.8, 4) is 5.75 Å². The number of hydrogen-bond acceptors (Lipinski definition) is 4. The first-order valence-electron chi connectivity index (χ1n) is 8.74. The fraction of sp³-hybridized carbons (Fsp3) is 0.579. The lowest BCUT2D eigenvalue weighted by Gasteiger charge is -2.27. The van der Waals surface area contributed by atoms with Crippen LogP contribution in [0, 0.1) is 25.7 Å². The van der Waals surface area contributed by atoms with Crippen molar-refractivity contribution in [2.45, 2.75) is 33.1 Å². The minimum absolute atomic E-state index is 0.0535. The summed E-state index contributed by atoms with van der Waals surface area (Å²) in [5.74, 6) is -0.786. The first-order valence-corrected chi connectivity index (χ1v) is 8.74. The second-order valence-corrected chi connectivity index (χ2v) is 6.57. The molecule has 1 heterocycles. The standard InChI is InChI=1S/C19H27NO5/c1-13-3-4-14(2)17(11-13)25-10-7-18(21)20-12-16(19(22)23)15-5-8-24-9-6-15/h3-4,11,15-16H,5-10,12H2,1-2H3,(H,20,21)(H,22,23). The van der Waals surface area contributed by atoms with Crippen molar-refractivity contribution in [1.29, 1.82) is 0 Å². The Morgan fingerprint density at radius 2 is 2.04 bits per heavy atom. The van der Waals surface area contributed by atoms with Gasteiger partial charge in [-0.1, -0.05) is 12.1 Å². The Bertz CT molecular complexity index is 595. The summed E-state index contributed by atoms with van der Waals surface area (Å²) in [6, 6.07) is 5.94. The highest BCUT2D eigenvalue weighted by Crippen LogP contribution is 2.24. The van der Waals surface area contributed by atoms with E-state index in [1.165, 1.54) is 0 Å². The molecule has 138 valence electrons. The molecule has 1 aromatic carbocycles. The van der Waals surface area contributed by atoms with Crippen LogP contribution in [0.1, 0.15) is 30.4 Å². The van der Waals surface area contributed by atoms with E-state index in [9.17, 15) is 14.7 Å². The molecule has 1 atom stereocenters. The van der Waals surface area contributed by atoms with E-state index in [-0.39, 0.29) is 31.4 Å². The Morgan fingerprint density at radius 1 is 1.32 bits per heavy atom. The number of hydrogen-bond donors (Lipinski definition) is 2. The molecular formula is C19H27NO5. The second-order valence-electron chi connectivity index (χ2n) is 6.57. The van der Waals surface area contributed by atoms with Crippen molar-refractivity contribution in [2.24, 2.45) is 11.8 Å². The van der Waals surface area contributed by atoms with E-state index in [2.05, 4.69) is 5.32 Å². The Balaban J connectivity index is 1.75. The van der Waals surface area contributed by atoms with Crippen LogP contribution in [0.4, 0.5) is 0 Å². The number of rotatable bonds is 8. The molecule has 25 heavy (non-hydrogen) atoms. The summed E-state index contributed by atoms with van der Waals surface area (Å²) in [5, 5.41) is 12.1. The van der Waals surface area contributed by atoms with Crippen LogP contribution in [0.3, 0.4) is 0 Å². The summed E-state index contributed by atoms with van der Waals surface area (Å²) in [6.07, 6.45) is 1.65. The Morgan fingerprint density at radius 3 is 2.72 bits per heavy atom.